The lowest BCUT2D eigenvalue weighted by Crippen LogP contribution is -2.21. The number of aromatic amines is 1. The van der Waals surface area contributed by atoms with E-state index >= 15 is 0 Å². The lowest BCUT2D eigenvalue weighted by atomic mass is 9.95. The van der Waals surface area contributed by atoms with Crippen molar-refractivity contribution in [3.8, 4) is 11.5 Å². The smallest absolute Gasteiger partial charge is 0.381 e. The summed E-state index contributed by atoms with van der Waals surface area (Å²) in [6.45, 7) is 4.35. The lowest BCUT2D eigenvalue weighted by molar-refractivity contribution is -0.502. The first-order valence-corrected chi connectivity index (χ1v) is 9.76. The van der Waals surface area contributed by atoms with E-state index in [-0.39, 0.29) is 0 Å². The molecule has 3 aromatic heterocycles. The standard InChI is InChI=1S/C25H20N3O/c1-14-17-12-13-28-23(24(26)29-25(28)16-8-4-3-5-9-16)21(17)15(2)20-18-10-6-7-11-19(18)27-22(14)20/h3-13,27H,26H2,1-2H3/q+1. The highest BCUT2D eigenvalue weighted by atomic mass is 16.4. The SMILES string of the molecule is Cc1c2cc[n+]3c(-c4ccccc4)oc(N)c3c2c(C)c2c1[nH]c1ccccc12. The van der Waals surface area contributed by atoms with Gasteiger partial charge in [0.25, 0.3) is 11.4 Å². The highest BCUT2D eigenvalue weighted by Gasteiger charge is 2.27. The number of hydrogen-bond acceptors (Lipinski definition) is 2. The Morgan fingerprint density at radius 2 is 1.59 bits per heavy atom. The number of aryl methyl sites for hydroxylation is 2. The summed E-state index contributed by atoms with van der Waals surface area (Å²) in [7, 11) is 0. The Kier molecular flexibility index (Phi) is 3.13. The highest BCUT2D eigenvalue weighted by Crippen LogP contribution is 2.39. The fourth-order valence-electron chi connectivity index (χ4n) is 4.71. The molecule has 4 nitrogen and oxygen atoms in total. The zero-order chi connectivity index (χ0) is 19.7. The van der Waals surface area contributed by atoms with E-state index in [9.17, 15) is 0 Å². The third-order valence-corrected chi connectivity index (χ3v) is 6.05. The predicted octanol–water partition coefficient (Wildman–Crippen LogP) is 5.67. The number of para-hydroxylation sites is 1. The summed E-state index contributed by atoms with van der Waals surface area (Å²) in [4.78, 5) is 3.61. The molecule has 0 saturated carbocycles. The number of oxazole rings is 1. The van der Waals surface area contributed by atoms with Crippen molar-refractivity contribution in [3.05, 3.63) is 78.0 Å². The van der Waals surface area contributed by atoms with Crippen molar-refractivity contribution in [2.45, 2.75) is 13.8 Å². The van der Waals surface area contributed by atoms with Gasteiger partial charge in [0.2, 0.25) is 0 Å². The van der Waals surface area contributed by atoms with Gasteiger partial charge in [-0.2, -0.15) is 0 Å². The van der Waals surface area contributed by atoms with Gasteiger partial charge in [-0.05, 0) is 48.6 Å². The van der Waals surface area contributed by atoms with Crippen molar-refractivity contribution in [1.82, 2.24) is 4.98 Å². The first kappa shape index (κ1) is 16.2. The van der Waals surface area contributed by atoms with Crippen LogP contribution in [0.25, 0.3) is 49.5 Å². The molecule has 0 amide bonds. The largest absolute Gasteiger partial charge is 0.388 e. The van der Waals surface area contributed by atoms with Gasteiger partial charge < -0.3 is 15.1 Å². The molecule has 0 atom stereocenters. The average molecular weight is 378 g/mol. The number of benzene rings is 3. The number of hydrogen-bond donors (Lipinski definition) is 2. The molecule has 3 N–H and O–H groups in total. The second-order valence-electron chi connectivity index (χ2n) is 7.63. The monoisotopic (exact) mass is 378 g/mol. The predicted molar refractivity (Wildman–Crippen MR) is 118 cm³/mol. The van der Waals surface area contributed by atoms with Gasteiger partial charge in [0.15, 0.2) is 6.20 Å². The lowest BCUT2D eigenvalue weighted by Gasteiger charge is -2.08. The van der Waals surface area contributed by atoms with Crippen LogP contribution in [-0.2, 0) is 0 Å². The van der Waals surface area contributed by atoms with Gasteiger partial charge in [-0.25, -0.2) is 0 Å². The van der Waals surface area contributed by atoms with Crippen molar-refractivity contribution in [2.75, 3.05) is 5.73 Å². The molecule has 0 fully saturated rings. The number of rotatable bonds is 1. The Balaban J connectivity index is 1.84. The first-order chi connectivity index (χ1) is 14.1. The van der Waals surface area contributed by atoms with E-state index in [0.29, 0.717) is 5.88 Å². The number of anilines is 1. The molecule has 140 valence electrons. The summed E-state index contributed by atoms with van der Waals surface area (Å²) in [6.07, 6.45) is 2.06. The maximum atomic E-state index is 6.44. The van der Waals surface area contributed by atoms with E-state index < -0.39 is 0 Å². The van der Waals surface area contributed by atoms with Gasteiger partial charge >= 0.3 is 5.89 Å². The molecule has 0 unspecified atom stereocenters. The van der Waals surface area contributed by atoms with Crippen LogP contribution in [0, 0.1) is 13.8 Å². The Morgan fingerprint density at radius 3 is 2.41 bits per heavy atom. The number of nitrogens with zero attached hydrogens (tertiary/aromatic N) is 1. The fraction of sp³-hybridized carbons (Fsp3) is 0.0800. The molecule has 0 bridgehead atoms. The molecule has 4 heteroatoms. The van der Waals surface area contributed by atoms with Crippen LogP contribution in [-0.4, -0.2) is 4.98 Å². The highest BCUT2D eigenvalue weighted by molar-refractivity contribution is 6.19. The second-order valence-corrected chi connectivity index (χ2v) is 7.63. The Morgan fingerprint density at radius 1 is 0.828 bits per heavy atom. The fourth-order valence-corrected chi connectivity index (χ4v) is 4.71. The zero-order valence-electron chi connectivity index (χ0n) is 16.3. The van der Waals surface area contributed by atoms with Crippen molar-refractivity contribution < 1.29 is 8.82 Å². The molecule has 3 heterocycles. The van der Waals surface area contributed by atoms with Gasteiger partial charge in [-0.15, -0.1) is 4.40 Å². The van der Waals surface area contributed by atoms with Crippen LogP contribution in [0.4, 0.5) is 5.88 Å². The van der Waals surface area contributed by atoms with Crippen LogP contribution >= 0.6 is 0 Å². The summed E-state index contributed by atoms with van der Waals surface area (Å²) in [6, 6.07) is 20.7. The number of pyridine rings is 1. The van der Waals surface area contributed by atoms with Gasteiger partial charge in [-0.3, -0.25) is 0 Å². The van der Waals surface area contributed by atoms with Crippen LogP contribution in [0.2, 0.25) is 0 Å². The maximum Gasteiger partial charge on any atom is 0.388 e. The molecule has 3 aromatic carbocycles. The molecule has 0 aliphatic rings. The molecular weight excluding hydrogens is 358 g/mol. The van der Waals surface area contributed by atoms with E-state index in [1.165, 1.54) is 32.8 Å². The van der Waals surface area contributed by atoms with E-state index in [2.05, 4.69) is 59.8 Å². The second kappa shape index (κ2) is 5.61. The topological polar surface area (TPSA) is 59.1 Å². The number of nitrogens with one attached hydrogen (secondary N) is 1. The molecule has 0 radical (unpaired) electrons. The summed E-state index contributed by atoms with van der Waals surface area (Å²) in [5.74, 6) is 1.19. The van der Waals surface area contributed by atoms with Gasteiger partial charge in [0, 0.05) is 22.4 Å². The molecule has 0 spiro atoms. The summed E-state index contributed by atoms with van der Waals surface area (Å²) in [5.41, 5.74) is 13.1. The molecule has 6 aromatic rings. The van der Waals surface area contributed by atoms with Crippen molar-refractivity contribution in [2.24, 2.45) is 0 Å². The molecule has 0 aliphatic carbocycles. The van der Waals surface area contributed by atoms with Crippen molar-refractivity contribution in [1.29, 1.82) is 0 Å². The van der Waals surface area contributed by atoms with Gasteiger partial charge in [0.1, 0.15) is 0 Å². The van der Waals surface area contributed by atoms with Crippen LogP contribution in [0.15, 0.2) is 71.3 Å². The number of fused-ring (bicyclic) bond motifs is 6. The molecular formula is C25H20N3O+. The number of nitrogens with two attached hydrogens (primary N) is 1. The minimum absolute atomic E-state index is 0.441. The minimum atomic E-state index is 0.441. The van der Waals surface area contributed by atoms with Crippen molar-refractivity contribution >= 4 is 44.0 Å². The van der Waals surface area contributed by atoms with Crippen molar-refractivity contribution in [3.63, 3.8) is 0 Å². The van der Waals surface area contributed by atoms with Gasteiger partial charge in [0.05, 0.1) is 16.5 Å². The molecule has 6 rings (SSSR count). The summed E-state index contributed by atoms with van der Waals surface area (Å²) in [5, 5.41) is 4.82. The van der Waals surface area contributed by atoms with E-state index in [4.69, 9.17) is 10.2 Å². The average Bonchev–Trinajstić information content (AvgIpc) is 3.31. The Bertz CT molecular complexity index is 1570. The Labute approximate surface area is 167 Å². The van der Waals surface area contributed by atoms with E-state index in [1.807, 2.05) is 30.3 Å². The molecule has 29 heavy (non-hydrogen) atoms. The van der Waals surface area contributed by atoms with Crippen LogP contribution in [0.1, 0.15) is 11.1 Å². The summed E-state index contributed by atoms with van der Waals surface area (Å²) < 4.78 is 8.14. The Hall–Kier alpha value is -3.79. The molecule has 0 aliphatic heterocycles. The third-order valence-electron chi connectivity index (χ3n) is 6.05. The van der Waals surface area contributed by atoms with Crippen LogP contribution < -0.4 is 10.1 Å². The third kappa shape index (κ3) is 2.06. The molecule has 0 saturated heterocycles. The maximum absolute atomic E-state index is 6.44. The van der Waals surface area contributed by atoms with E-state index in [1.54, 1.807) is 0 Å². The van der Waals surface area contributed by atoms with Gasteiger partial charge in [-0.1, -0.05) is 36.4 Å². The minimum Gasteiger partial charge on any atom is -0.381 e. The number of nitrogen functional groups attached to an aromatic ring is 1. The van der Waals surface area contributed by atoms with Crippen LogP contribution in [0.3, 0.4) is 0 Å². The van der Waals surface area contributed by atoms with Crippen LogP contribution in [0.5, 0.6) is 0 Å². The zero-order valence-corrected chi connectivity index (χ0v) is 16.3. The summed E-state index contributed by atoms with van der Waals surface area (Å²) >= 11 is 0. The quantitative estimate of drug-likeness (QED) is 0.362. The number of aromatic nitrogens is 2. The first-order valence-electron chi connectivity index (χ1n) is 9.76. The normalized spacial score (nSPS) is 11.9. The number of H-pyrrole nitrogens is 1. The van der Waals surface area contributed by atoms with E-state index in [0.717, 1.165) is 27.9 Å².